The van der Waals surface area contributed by atoms with Gasteiger partial charge in [0, 0.05) is 44.8 Å². The van der Waals surface area contributed by atoms with Crippen LogP contribution in [0, 0.1) is 0 Å². The van der Waals surface area contributed by atoms with Crippen LogP contribution in [0.25, 0.3) is 60.6 Å². The van der Waals surface area contributed by atoms with Crippen molar-refractivity contribution < 1.29 is 4.42 Å². The smallest absolute Gasteiger partial charge is 0.137 e. The molecule has 0 bridgehead atoms. The van der Waals surface area contributed by atoms with Crippen LogP contribution in [-0.2, 0) is 0 Å². The van der Waals surface area contributed by atoms with E-state index in [0.29, 0.717) is 5.92 Å². The minimum atomic E-state index is 0.366. The van der Waals surface area contributed by atoms with E-state index in [2.05, 4.69) is 191 Å². The predicted octanol–water partition coefficient (Wildman–Crippen LogP) is 13.1. The van der Waals surface area contributed by atoms with Crippen LogP contribution in [0.3, 0.4) is 0 Å². The number of anilines is 2. The number of hydrogen-bond donors (Lipinski definition) is 0. The zero-order chi connectivity index (χ0) is 33.7. The van der Waals surface area contributed by atoms with E-state index in [1.165, 1.54) is 44.2 Å². The second-order valence-electron chi connectivity index (χ2n) is 13.3. The molecule has 3 nitrogen and oxygen atoms in total. The third kappa shape index (κ3) is 4.97. The van der Waals surface area contributed by atoms with Crippen molar-refractivity contribution in [3.63, 3.8) is 0 Å². The SMILES string of the molecule is C1=CC(c2ccccc2)CC=C1N(c1ccc(-c2ccccc2)cc1)c1ccc(-n2c3ccccc3c3ccc4oc5ccccc5c4c32)cc1. The lowest BCUT2D eigenvalue weighted by atomic mass is 9.91. The highest BCUT2D eigenvalue weighted by molar-refractivity contribution is 6.24. The molecule has 1 aliphatic rings. The summed E-state index contributed by atoms with van der Waals surface area (Å²) in [5, 5.41) is 4.73. The number of hydrogen-bond acceptors (Lipinski definition) is 2. The first-order valence-corrected chi connectivity index (χ1v) is 17.6. The predicted molar refractivity (Wildman–Crippen MR) is 213 cm³/mol. The van der Waals surface area contributed by atoms with Gasteiger partial charge in [0.05, 0.1) is 16.4 Å². The number of aromatic nitrogens is 1. The Bertz CT molecular complexity index is 2750. The maximum Gasteiger partial charge on any atom is 0.137 e. The Balaban J connectivity index is 1.10. The maximum absolute atomic E-state index is 6.35. The lowest BCUT2D eigenvalue weighted by molar-refractivity contribution is 0.669. The van der Waals surface area contributed by atoms with Gasteiger partial charge < -0.3 is 13.9 Å². The first-order chi connectivity index (χ1) is 25.3. The molecule has 0 radical (unpaired) electrons. The lowest BCUT2D eigenvalue weighted by Crippen LogP contribution is -2.17. The van der Waals surface area contributed by atoms with Crippen LogP contribution in [-0.4, -0.2) is 4.57 Å². The Kier molecular flexibility index (Phi) is 6.95. The average Bonchev–Trinajstić information content (AvgIpc) is 3.75. The van der Waals surface area contributed by atoms with Gasteiger partial charge in [0.15, 0.2) is 0 Å². The Labute approximate surface area is 296 Å². The summed E-state index contributed by atoms with van der Waals surface area (Å²) in [6.45, 7) is 0. The number of allylic oxidation sites excluding steroid dienone is 3. The molecular weight excluding hydrogens is 621 g/mol. The second-order valence-corrected chi connectivity index (χ2v) is 13.3. The molecule has 2 aromatic heterocycles. The molecule has 3 heteroatoms. The van der Waals surface area contributed by atoms with Crippen molar-refractivity contribution in [1.82, 2.24) is 4.57 Å². The fourth-order valence-electron chi connectivity index (χ4n) is 7.89. The van der Waals surface area contributed by atoms with Crippen LogP contribution in [0.1, 0.15) is 17.9 Å². The summed E-state index contributed by atoms with van der Waals surface area (Å²) in [6, 6.07) is 60.7. The molecule has 0 aliphatic heterocycles. The standard InChI is InChI=1S/C48H34N2O/c1-3-11-33(12-4-1)35-19-23-37(24-20-35)49(38-25-21-36(22-26-38)34-13-5-2-6-14-34)39-27-29-40(30-28-39)50-44-17-9-7-15-41(44)42-31-32-46-47(48(42)50)43-16-8-10-18-45(43)51-46/h1-21,23-32,36H,22H2. The molecule has 0 saturated heterocycles. The van der Waals surface area contributed by atoms with Gasteiger partial charge in [-0.3, -0.25) is 0 Å². The fraction of sp³-hybridized carbons (Fsp3) is 0.0417. The van der Waals surface area contributed by atoms with Crippen LogP contribution in [0.4, 0.5) is 11.4 Å². The fourth-order valence-corrected chi connectivity index (χ4v) is 7.89. The molecule has 9 aromatic rings. The highest BCUT2D eigenvalue weighted by Gasteiger charge is 2.21. The molecule has 51 heavy (non-hydrogen) atoms. The van der Waals surface area contributed by atoms with Crippen molar-refractivity contribution in [1.29, 1.82) is 0 Å². The van der Waals surface area contributed by atoms with E-state index in [1.54, 1.807) is 0 Å². The lowest BCUT2D eigenvalue weighted by Gasteiger charge is -2.29. The van der Waals surface area contributed by atoms with Crippen molar-refractivity contribution in [2.24, 2.45) is 0 Å². The maximum atomic E-state index is 6.35. The molecule has 1 aliphatic carbocycles. The molecule has 0 amide bonds. The molecule has 0 spiro atoms. The Morgan fingerprint density at radius 1 is 0.529 bits per heavy atom. The topological polar surface area (TPSA) is 21.3 Å². The van der Waals surface area contributed by atoms with Gasteiger partial charge in [-0.15, -0.1) is 0 Å². The molecule has 1 unspecified atom stereocenters. The molecule has 0 fully saturated rings. The summed E-state index contributed by atoms with van der Waals surface area (Å²) in [5.41, 5.74) is 12.4. The van der Waals surface area contributed by atoms with Crippen molar-refractivity contribution in [3.05, 3.63) is 199 Å². The number of benzene rings is 7. The van der Waals surface area contributed by atoms with Crippen molar-refractivity contribution in [3.8, 4) is 16.8 Å². The first kappa shape index (κ1) is 29.3. The van der Waals surface area contributed by atoms with E-state index < -0.39 is 0 Å². The first-order valence-electron chi connectivity index (χ1n) is 17.6. The van der Waals surface area contributed by atoms with E-state index in [0.717, 1.165) is 45.4 Å². The third-order valence-electron chi connectivity index (χ3n) is 10.3. The van der Waals surface area contributed by atoms with Gasteiger partial charge in [0.1, 0.15) is 11.2 Å². The number of rotatable bonds is 6. The van der Waals surface area contributed by atoms with E-state index in [9.17, 15) is 0 Å². The molecule has 0 N–H and O–H groups in total. The quantitative estimate of drug-likeness (QED) is 0.178. The highest BCUT2D eigenvalue weighted by atomic mass is 16.3. The molecule has 0 saturated carbocycles. The second kappa shape index (κ2) is 12.1. The molecule has 7 aromatic carbocycles. The minimum absolute atomic E-state index is 0.366. The normalized spacial score (nSPS) is 14.4. The molecule has 1 atom stereocenters. The number of para-hydroxylation sites is 2. The minimum Gasteiger partial charge on any atom is -0.456 e. The van der Waals surface area contributed by atoms with Gasteiger partial charge in [-0.1, -0.05) is 121 Å². The van der Waals surface area contributed by atoms with Crippen LogP contribution >= 0.6 is 0 Å². The summed E-state index contributed by atoms with van der Waals surface area (Å²) in [6.07, 6.45) is 7.96. The highest BCUT2D eigenvalue weighted by Crippen LogP contribution is 2.42. The van der Waals surface area contributed by atoms with Crippen molar-refractivity contribution in [2.75, 3.05) is 4.90 Å². The van der Waals surface area contributed by atoms with Gasteiger partial charge in [-0.2, -0.15) is 0 Å². The Morgan fingerprint density at radius 2 is 1.18 bits per heavy atom. The molecule has 242 valence electrons. The zero-order valence-corrected chi connectivity index (χ0v) is 28.0. The summed E-state index contributed by atoms with van der Waals surface area (Å²) in [5.74, 6) is 0.366. The van der Waals surface area contributed by atoms with Crippen LogP contribution in [0.5, 0.6) is 0 Å². The molecule has 10 rings (SSSR count). The van der Waals surface area contributed by atoms with E-state index in [-0.39, 0.29) is 0 Å². The largest absolute Gasteiger partial charge is 0.456 e. The van der Waals surface area contributed by atoms with Gasteiger partial charge in [0.25, 0.3) is 0 Å². The summed E-state index contributed by atoms with van der Waals surface area (Å²) in [4.78, 5) is 2.38. The van der Waals surface area contributed by atoms with E-state index >= 15 is 0 Å². The number of nitrogens with zero attached hydrogens (tertiary/aromatic N) is 2. The Morgan fingerprint density at radius 3 is 1.92 bits per heavy atom. The van der Waals surface area contributed by atoms with Gasteiger partial charge in [-0.25, -0.2) is 0 Å². The number of furan rings is 1. The van der Waals surface area contributed by atoms with Crippen LogP contribution in [0.15, 0.2) is 198 Å². The van der Waals surface area contributed by atoms with Crippen LogP contribution in [0.2, 0.25) is 0 Å². The average molecular weight is 655 g/mol. The summed E-state index contributed by atoms with van der Waals surface area (Å²) in [7, 11) is 0. The van der Waals surface area contributed by atoms with Gasteiger partial charge in [0.2, 0.25) is 0 Å². The number of fused-ring (bicyclic) bond motifs is 7. The summed E-state index contributed by atoms with van der Waals surface area (Å²) >= 11 is 0. The molecular formula is C48H34N2O. The Hall–Kier alpha value is -6.58. The zero-order valence-electron chi connectivity index (χ0n) is 28.0. The van der Waals surface area contributed by atoms with Gasteiger partial charge in [-0.05, 0) is 89.9 Å². The molecule has 2 heterocycles. The third-order valence-corrected chi connectivity index (χ3v) is 10.3. The van der Waals surface area contributed by atoms with Crippen molar-refractivity contribution in [2.45, 2.75) is 12.3 Å². The summed E-state index contributed by atoms with van der Waals surface area (Å²) < 4.78 is 8.76. The van der Waals surface area contributed by atoms with Gasteiger partial charge >= 0.3 is 0 Å². The monoisotopic (exact) mass is 654 g/mol. The van der Waals surface area contributed by atoms with E-state index in [1.807, 2.05) is 6.07 Å². The van der Waals surface area contributed by atoms with E-state index in [4.69, 9.17) is 4.42 Å². The van der Waals surface area contributed by atoms with Crippen molar-refractivity contribution >= 4 is 55.1 Å². The van der Waals surface area contributed by atoms with Crippen LogP contribution < -0.4 is 4.90 Å².